The van der Waals surface area contributed by atoms with E-state index in [0.29, 0.717) is 12.6 Å². The molecule has 1 aromatic rings. The fourth-order valence-electron chi connectivity index (χ4n) is 2.73. The smallest absolute Gasteiger partial charge is 0.178 e. The van der Waals surface area contributed by atoms with E-state index in [9.17, 15) is 4.79 Å². The number of benzene rings is 1. The molecule has 0 atom stereocenters. The second-order valence-corrected chi connectivity index (χ2v) is 5.97. The first-order valence-electron chi connectivity index (χ1n) is 6.41. The summed E-state index contributed by atoms with van der Waals surface area (Å²) >= 11 is 1.78. The minimum Gasteiger partial charge on any atom is -0.293 e. The van der Waals surface area contributed by atoms with Crippen LogP contribution in [0.3, 0.4) is 0 Å². The van der Waals surface area contributed by atoms with Crippen LogP contribution in [-0.2, 0) is 0 Å². The van der Waals surface area contributed by atoms with E-state index in [1.54, 1.807) is 11.9 Å². The Morgan fingerprint density at radius 3 is 2.71 bits per heavy atom. The lowest BCUT2D eigenvalue weighted by Crippen LogP contribution is -2.37. The summed E-state index contributed by atoms with van der Waals surface area (Å²) < 4.78 is 2.31. The van der Waals surface area contributed by atoms with Crippen molar-refractivity contribution >= 4 is 17.7 Å². The number of nitrogens with zero attached hydrogens (tertiary/aromatic N) is 1. The number of carbonyl (C=O) groups excluding carboxylic acids is 1. The van der Waals surface area contributed by atoms with Gasteiger partial charge in [-0.25, -0.2) is 4.31 Å². The molecule has 1 fully saturated rings. The lowest BCUT2D eigenvalue weighted by Gasteiger charge is -2.35. The maximum absolute atomic E-state index is 12.1. The molecule has 2 nitrogen and oxygen atoms in total. The number of ketones is 1. The van der Waals surface area contributed by atoms with Gasteiger partial charge in [0.2, 0.25) is 0 Å². The Hall–Kier alpha value is -0.800. The molecule has 90 valence electrons. The molecule has 0 N–H and O–H groups in total. The van der Waals surface area contributed by atoms with Crippen molar-refractivity contribution in [2.24, 2.45) is 0 Å². The molecule has 0 spiro atoms. The van der Waals surface area contributed by atoms with Crippen molar-refractivity contribution in [3.63, 3.8) is 0 Å². The van der Waals surface area contributed by atoms with Gasteiger partial charge >= 0.3 is 0 Å². The summed E-state index contributed by atoms with van der Waals surface area (Å²) in [6.07, 6.45) is 6.50. The number of Topliss-reactive ketones (excluding diaryl/α,β-unsaturated/α-hetero) is 1. The summed E-state index contributed by atoms with van der Waals surface area (Å²) in [6, 6.07) is 8.58. The number of hydrogen-bond acceptors (Lipinski definition) is 3. The van der Waals surface area contributed by atoms with Crippen molar-refractivity contribution in [3.8, 4) is 0 Å². The molecule has 1 saturated carbocycles. The second kappa shape index (κ2) is 4.83. The second-order valence-electron chi connectivity index (χ2n) is 4.88. The van der Waals surface area contributed by atoms with Gasteiger partial charge in [-0.3, -0.25) is 4.79 Å². The largest absolute Gasteiger partial charge is 0.293 e. The van der Waals surface area contributed by atoms with Gasteiger partial charge < -0.3 is 0 Å². The van der Waals surface area contributed by atoms with Gasteiger partial charge in [0.25, 0.3) is 0 Å². The van der Waals surface area contributed by atoms with Crippen LogP contribution in [0.1, 0.15) is 42.5 Å². The van der Waals surface area contributed by atoms with Crippen LogP contribution in [0.2, 0.25) is 0 Å². The van der Waals surface area contributed by atoms with E-state index >= 15 is 0 Å². The molecule has 0 amide bonds. The predicted molar refractivity (Wildman–Crippen MR) is 70.2 cm³/mol. The third kappa shape index (κ3) is 2.26. The van der Waals surface area contributed by atoms with E-state index < -0.39 is 0 Å². The fourth-order valence-corrected chi connectivity index (χ4v) is 3.95. The topological polar surface area (TPSA) is 20.3 Å². The number of rotatable bonds is 1. The maximum atomic E-state index is 12.1. The van der Waals surface area contributed by atoms with Crippen LogP contribution in [0, 0.1) is 0 Å². The van der Waals surface area contributed by atoms with E-state index in [1.165, 1.54) is 32.1 Å². The Balaban J connectivity index is 1.80. The molecular formula is C14H17NOS. The predicted octanol–water partition coefficient (Wildman–Crippen LogP) is 3.52. The van der Waals surface area contributed by atoms with E-state index in [1.807, 2.05) is 18.2 Å². The highest BCUT2D eigenvalue weighted by Crippen LogP contribution is 2.36. The summed E-state index contributed by atoms with van der Waals surface area (Å²) in [5, 5.41) is 0. The van der Waals surface area contributed by atoms with Gasteiger partial charge in [-0.15, -0.1) is 0 Å². The molecule has 0 saturated heterocycles. The van der Waals surface area contributed by atoms with Crippen molar-refractivity contribution < 1.29 is 4.79 Å². The molecule has 0 radical (unpaired) electrons. The van der Waals surface area contributed by atoms with Gasteiger partial charge in [0.15, 0.2) is 5.78 Å². The van der Waals surface area contributed by atoms with E-state index in [0.717, 1.165) is 10.5 Å². The van der Waals surface area contributed by atoms with E-state index in [2.05, 4.69) is 10.4 Å². The Morgan fingerprint density at radius 1 is 1.12 bits per heavy atom. The first-order valence-corrected chi connectivity index (χ1v) is 7.19. The molecule has 1 aromatic carbocycles. The van der Waals surface area contributed by atoms with Gasteiger partial charge in [-0.1, -0.05) is 37.5 Å². The van der Waals surface area contributed by atoms with Crippen LogP contribution >= 0.6 is 11.9 Å². The van der Waals surface area contributed by atoms with Crippen LogP contribution in [-0.4, -0.2) is 22.7 Å². The summed E-state index contributed by atoms with van der Waals surface area (Å²) in [7, 11) is 0. The average molecular weight is 247 g/mol. The average Bonchev–Trinajstić information content (AvgIpc) is 2.40. The molecule has 0 bridgehead atoms. The zero-order valence-corrected chi connectivity index (χ0v) is 10.7. The van der Waals surface area contributed by atoms with Gasteiger partial charge in [0, 0.05) is 16.5 Å². The Morgan fingerprint density at radius 2 is 1.88 bits per heavy atom. The molecule has 3 heteroatoms. The molecular weight excluding hydrogens is 230 g/mol. The first kappa shape index (κ1) is 11.3. The van der Waals surface area contributed by atoms with Crippen LogP contribution in [0.25, 0.3) is 0 Å². The standard InChI is InChI=1S/C14H17NOS/c16-13-10-15(11-6-2-1-3-7-11)17-14-9-5-4-8-12(13)14/h4-5,8-9,11H,1-3,6-7,10H2. The maximum Gasteiger partial charge on any atom is 0.178 e. The Kier molecular flexibility index (Phi) is 3.21. The van der Waals surface area contributed by atoms with Gasteiger partial charge in [0.05, 0.1) is 6.54 Å². The van der Waals surface area contributed by atoms with Gasteiger partial charge in [-0.05, 0) is 30.9 Å². The third-order valence-corrected chi connectivity index (χ3v) is 4.90. The minimum absolute atomic E-state index is 0.282. The highest BCUT2D eigenvalue weighted by atomic mass is 32.2. The van der Waals surface area contributed by atoms with Crippen LogP contribution in [0.4, 0.5) is 0 Å². The van der Waals surface area contributed by atoms with Gasteiger partial charge in [0.1, 0.15) is 0 Å². The zero-order valence-electron chi connectivity index (χ0n) is 9.89. The summed E-state index contributed by atoms with van der Waals surface area (Å²) in [5.74, 6) is 0.282. The quantitative estimate of drug-likeness (QED) is 0.708. The van der Waals surface area contributed by atoms with Crippen molar-refractivity contribution in [3.05, 3.63) is 29.8 Å². The molecule has 0 unspecified atom stereocenters. The van der Waals surface area contributed by atoms with Crippen molar-refractivity contribution in [1.29, 1.82) is 0 Å². The van der Waals surface area contributed by atoms with Crippen molar-refractivity contribution in [2.45, 2.75) is 43.0 Å². The number of hydrogen-bond donors (Lipinski definition) is 0. The van der Waals surface area contributed by atoms with E-state index in [-0.39, 0.29) is 5.78 Å². The minimum atomic E-state index is 0.282. The summed E-state index contributed by atoms with van der Waals surface area (Å²) in [5.41, 5.74) is 0.907. The molecule has 0 aromatic heterocycles. The molecule has 2 aliphatic rings. The SMILES string of the molecule is O=C1CN(C2CCCCC2)Sc2ccccc21. The van der Waals surface area contributed by atoms with Crippen molar-refractivity contribution in [1.82, 2.24) is 4.31 Å². The molecule has 3 rings (SSSR count). The zero-order chi connectivity index (χ0) is 11.7. The Labute approximate surface area is 107 Å². The molecule has 1 heterocycles. The Bertz CT molecular complexity index is 426. The van der Waals surface area contributed by atoms with Crippen molar-refractivity contribution in [2.75, 3.05) is 6.54 Å². The first-order chi connectivity index (χ1) is 8.34. The highest BCUT2D eigenvalue weighted by Gasteiger charge is 2.29. The number of fused-ring (bicyclic) bond motifs is 1. The molecule has 1 aliphatic heterocycles. The lowest BCUT2D eigenvalue weighted by atomic mass is 9.95. The van der Waals surface area contributed by atoms with Crippen LogP contribution in [0.15, 0.2) is 29.2 Å². The van der Waals surface area contributed by atoms with Gasteiger partial charge in [-0.2, -0.15) is 0 Å². The fraction of sp³-hybridized carbons (Fsp3) is 0.500. The highest BCUT2D eigenvalue weighted by molar-refractivity contribution is 7.97. The summed E-state index contributed by atoms with van der Waals surface area (Å²) in [6.45, 7) is 0.590. The molecule has 17 heavy (non-hydrogen) atoms. The van der Waals surface area contributed by atoms with E-state index in [4.69, 9.17) is 0 Å². The number of carbonyl (C=O) groups is 1. The lowest BCUT2D eigenvalue weighted by molar-refractivity contribution is 0.0941. The molecule has 1 aliphatic carbocycles. The normalized spacial score (nSPS) is 22.5. The summed E-state index contributed by atoms with van der Waals surface area (Å²) in [4.78, 5) is 13.2. The third-order valence-electron chi connectivity index (χ3n) is 3.68. The van der Waals surface area contributed by atoms with Crippen LogP contribution < -0.4 is 0 Å². The monoisotopic (exact) mass is 247 g/mol. The van der Waals surface area contributed by atoms with Crippen LogP contribution in [0.5, 0.6) is 0 Å².